The molecule has 2 aromatic rings. The summed E-state index contributed by atoms with van der Waals surface area (Å²) in [5.74, 6) is -1.14. The zero-order valence-corrected chi connectivity index (χ0v) is 14.3. The normalized spacial score (nSPS) is 18.0. The molecule has 1 aliphatic heterocycles. The molecule has 1 atom stereocenters. The van der Waals surface area contributed by atoms with E-state index in [1.807, 2.05) is 0 Å². The van der Waals surface area contributed by atoms with Crippen molar-refractivity contribution in [2.75, 3.05) is 0 Å². The fourth-order valence-electron chi connectivity index (χ4n) is 3.26. The molecule has 2 aromatic carbocycles. The molecule has 28 heavy (non-hydrogen) atoms. The minimum Gasteiger partial charge on any atom is -0.480 e. The lowest BCUT2D eigenvalue weighted by Crippen LogP contribution is -2.45. The van der Waals surface area contributed by atoms with Gasteiger partial charge in [0.25, 0.3) is 0 Å². The van der Waals surface area contributed by atoms with Crippen LogP contribution in [0.25, 0.3) is 0 Å². The molecule has 3 nitrogen and oxygen atoms in total. The van der Waals surface area contributed by atoms with Crippen LogP contribution < -0.4 is 0 Å². The van der Waals surface area contributed by atoms with Crippen LogP contribution >= 0.6 is 0 Å². The van der Waals surface area contributed by atoms with E-state index in [0.717, 1.165) is 24.3 Å². The van der Waals surface area contributed by atoms with Crippen molar-refractivity contribution >= 4 is 5.97 Å². The zero-order valence-electron chi connectivity index (χ0n) is 14.3. The quantitative estimate of drug-likeness (QED) is 0.753. The van der Waals surface area contributed by atoms with Gasteiger partial charge in [0.1, 0.15) is 6.04 Å². The summed E-state index contributed by atoms with van der Waals surface area (Å²) >= 11 is 0. The van der Waals surface area contributed by atoms with Crippen molar-refractivity contribution < 1.29 is 36.2 Å². The molecule has 0 saturated heterocycles. The van der Waals surface area contributed by atoms with Crippen LogP contribution in [0.2, 0.25) is 0 Å². The predicted molar refractivity (Wildman–Crippen MR) is 87.3 cm³/mol. The maximum Gasteiger partial charge on any atom is 0.416 e. The van der Waals surface area contributed by atoms with Crippen LogP contribution in [-0.4, -0.2) is 22.0 Å². The van der Waals surface area contributed by atoms with Gasteiger partial charge < -0.3 is 5.11 Å². The van der Waals surface area contributed by atoms with E-state index in [0.29, 0.717) is 16.7 Å². The summed E-state index contributed by atoms with van der Waals surface area (Å²) in [6.45, 7) is -0.0397. The largest absolute Gasteiger partial charge is 0.480 e. The van der Waals surface area contributed by atoms with Gasteiger partial charge >= 0.3 is 18.3 Å². The van der Waals surface area contributed by atoms with Crippen molar-refractivity contribution in [1.29, 1.82) is 0 Å². The summed E-state index contributed by atoms with van der Waals surface area (Å²) in [4.78, 5) is 13.1. The molecule has 1 heterocycles. The maximum absolute atomic E-state index is 12.9. The Morgan fingerprint density at radius 3 is 2.04 bits per heavy atom. The van der Waals surface area contributed by atoms with Crippen molar-refractivity contribution in [3.05, 3.63) is 70.3 Å². The number of hydrogen-bond acceptors (Lipinski definition) is 2. The molecule has 150 valence electrons. The summed E-state index contributed by atoms with van der Waals surface area (Å²) in [6.07, 6.45) is -8.99. The smallest absolute Gasteiger partial charge is 0.416 e. The summed E-state index contributed by atoms with van der Waals surface area (Å²) in [5.41, 5.74) is -0.336. The van der Waals surface area contributed by atoms with Crippen molar-refractivity contribution in [2.24, 2.45) is 0 Å². The van der Waals surface area contributed by atoms with Crippen molar-refractivity contribution in [2.45, 2.75) is 37.9 Å². The van der Waals surface area contributed by atoms with Crippen LogP contribution in [0.4, 0.5) is 26.3 Å². The Labute approximate surface area is 156 Å². The van der Waals surface area contributed by atoms with Gasteiger partial charge in [0.2, 0.25) is 0 Å². The second-order valence-electron chi connectivity index (χ2n) is 6.64. The molecule has 0 spiro atoms. The average molecular weight is 403 g/mol. The molecular weight excluding hydrogens is 388 g/mol. The molecule has 0 radical (unpaired) electrons. The van der Waals surface area contributed by atoms with Crippen LogP contribution in [0.5, 0.6) is 0 Å². The Balaban J connectivity index is 1.86. The van der Waals surface area contributed by atoms with Crippen LogP contribution in [0.15, 0.2) is 42.5 Å². The standard InChI is InChI=1S/C19H15F6NO2/c20-18(21,22)14-4-1-11(2-5-14)9-26-10-13-7-15(19(23,24)25)6-3-12(13)8-16(26)17(27)28/h1-7,16H,8-10H2,(H,27,28)/t16-/m1/s1. The van der Waals surface area contributed by atoms with Gasteiger partial charge in [-0.25, -0.2) is 0 Å². The Morgan fingerprint density at radius 1 is 0.929 bits per heavy atom. The third-order valence-corrected chi connectivity index (χ3v) is 4.71. The van der Waals surface area contributed by atoms with Gasteiger partial charge in [-0.15, -0.1) is 0 Å². The molecule has 9 heteroatoms. The van der Waals surface area contributed by atoms with E-state index in [2.05, 4.69) is 0 Å². The zero-order chi connectivity index (χ0) is 20.7. The summed E-state index contributed by atoms with van der Waals surface area (Å²) in [5, 5.41) is 9.48. The topological polar surface area (TPSA) is 40.5 Å². The third kappa shape index (κ3) is 4.30. The molecule has 0 fully saturated rings. The number of rotatable bonds is 3. The Bertz CT molecular complexity index is 873. The molecule has 1 aliphatic rings. The van der Waals surface area contributed by atoms with E-state index in [9.17, 15) is 36.2 Å². The Kier molecular flexibility index (Phi) is 5.14. The Hall–Kier alpha value is -2.55. The number of benzene rings is 2. The van der Waals surface area contributed by atoms with Crippen molar-refractivity contribution in [3.63, 3.8) is 0 Å². The molecule has 0 amide bonds. The van der Waals surface area contributed by atoms with E-state index in [4.69, 9.17) is 0 Å². The molecular formula is C19H15F6NO2. The number of nitrogens with zero attached hydrogens (tertiary/aromatic N) is 1. The highest BCUT2D eigenvalue weighted by atomic mass is 19.4. The highest BCUT2D eigenvalue weighted by Crippen LogP contribution is 2.34. The van der Waals surface area contributed by atoms with Gasteiger partial charge in [-0.2, -0.15) is 26.3 Å². The van der Waals surface area contributed by atoms with Gasteiger partial charge in [-0.3, -0.25) is 9.69 Å². The monoisotopic (exact) mass is 403 g/mol. The number of halogens is 6. The van der Waals surface area contributed by atoms with Gasteiger partial charge in [-0.05, 0) is 47.4 Å². The number of hydrogen-bond donors (Lipinski definition) is 1. The predicted octanol–water partition coefficient (Wildman–Crippen LogP) is 4.74. The SMILES string of the molecule is O=C(O)[C@H]1Cc2ccc(C(F)(F)F)cc2CN1Cc1ccc(C(F)(F)F)cc1. The second-order valence-corrected chi connectivity index (χ2v) is 6.64. The summed E-state index contributed by atoms with van der Waals surface area (Å²) in [7, 11) is 0. The van der Waals surface area contributed by atoms with Crippen LogP contribution in [0.3, 0.4) is 0 Å². The minimum atomic E-state index is -4.52. The number of carboxylic acid groups (broad SMARTS) is 1. The van der Waals surface area contributed by atoms with Gasteiger partial charge in [0.05, 0.1) is 11.1 Å². The first-order chi connectivity index (χ1) is 12.9. The number of fused-ring (bicyclic) bond motifs is 1. The van der Waals surface area contributed by atoms with Gasteiger partial charge in [0.15, 0.2) is 0 Å². The van der Waals surface area contributed by atoms with Gasteiger partial charge in [0, 0.05) is 13.1 Å². The molecule has 1 N–H and O–H groups in total. The molecule has 3 rings (SSSR count). The van der Waals surface area contributed by atoms with E-state index in [1.165, 1.54) is 23.1 Å². The molecule has 0 bridgehead atoms. The fraction of sp³-hybridized carbons (Fsp3) is 0.316. The lowest BCUT2D eigenvalue weighted by molar-refractivity contribution is -0.144. The minimum absolute atomic E-state index is 0.00475. The van der Waals surface area contributed by atoms with Crippen molar-refractivity contribution in [1.82, 2.24) is 4.90 Å². The first-order valence-corrected chi connectivity index (χ1v) is 8.27. The number of carboxylic acids is 1. The number of aliphatic carboxylic acids is 1. The first kappa shape index (κ1) is 20.2. The third-order valence-electron chi connectivity index (χ3n) is 4.71. The highest BCUT2D eigenvalue weighted by molar-refractivity contribution is 5.74. The lowest BCUT2D eigenvalue weighted by atomic mass is 9.92. The van der Waals surface area contributed by atoms with E-state index < -0.39 is 35.5 Å². The van der Waals surface area contributed by atoms with Crippen molar-refractivity contribution in [3.8, 4) is 0 Å². The highest BCUT2D eigenvalue weighted by Gasteiger charge is 2.35. The summed E-state index contributed by atoms with van der Waals surface area (Å²) in [6, 6.07) is 6.48. The lowest BCUT2D eigenvalue weighted by Gasteiger charge is -2.34. The average Bonchev–Trinajstić information content (AvgIpc) is 2.59. The van der Waals surface area contributed by atoms with E-state index >= 15 is 0 Å². The van der Waals surface area contributed by atoms with Crippen LogP contribution in [-0.2, 0) is 36.7 Å². The van der Waals surface area contributed by atoms with E-state index in [1.54, 1.807) is 0 Å². The summed E-state index contributed by atoms with van der Waals surface area (Å²) < 4.78 is 76.8. The van der Waals surface area contributed by atoms with Crippen LogP contribution in [0.1, 0.15) is 27.8 Å². The Morgan fingerprint density at radius 2 is 1.50 bits per heavy atom. The first-order valence-electron chi connectivity index (χ1n) is 8.27. The molecule has 0 unspecified atom stereocenters. The van der Waals surface area contributed by atoms with Gasteiger partial charge in [-0.1, -0.05) is 18.2 Å². The number of carbonyl (C=O) groups is 1. The second kappa shape index (κ2) is 7.12. The fourth-order valence-corrected chi connectivity index (χ4v) is 3.26. The molecule has 0 aromatic heterocycles. The van der Waals surface area contributed by atoms with E-state index in [-0.39, 0.29) is 19.5 Å². The molecule has 0 aliphatic carbocycles. The maximum atomic E-state index is 12.9. The molecule has 0 saturated carbocycles. The van der Waals surface area contributed by atoms with Crippen LogP contribution in [0, 0.1) is 0 Å². The number of alkyl halides is 6.